The molecule has 1 N–H and O–H groups in total. The SMILES string of the molecule is CCN1CCN(c2ccc(N3CCC(=O)NC3=O)cc2OS(=O)(=O)F)CC1. The van der Waals surface area contributed by atoms with Crippen LogP contribution >= 0.6 is 0 Å². The number of hydrogen-bond donors (Lipinski definition) is 1. The van der Waals surface area contributed by atoms with E-state index < -0.39 is 16.5 Å². The molecule has 11 heteroatoms. The molecule has 0 unspecified atom stereocenters. The summed E-state index contributed by atoms with van der Waals surface area (Å²) in [5, 5.41) is 2.18. The molecule has 0 aromatic heterocycles. The van der Waals surface area contributed by atoms with Crippen LogP contribution in [0.25, 0.3) is 0 Å². The number of hydrogen-bond acceptors (Lipinski definition) is 7. The van der Waals surface area contributed by atoms with Gasteiger partial charge in [-0.3, -0.25) is 15.0 Å². The van der Waals surface area contributed by atoms with Crippen molar-refractivity contribution < 1.29 is 26.1 Å². The molecule has 148 valence electrons. The fourth-order valence-corrected chi connectivity index (χ4v) is 3.57. The van der Waals surface area contributed by atoms with E-state index in [2.05, 4.69) is 21.3 Å². The zero-order valence-corrected chi connectivity index (χ0v) is 15.7. The van der Waals surface area contributed by atoms with Gasteiger partial charge in [0.25, 0.3) is 0 Å². The Morgan fingerprint density at radius 3 is 2.44 bits per heavy atom. The number of benzene rings is 1. The number of anilines is 2. The van der Waals surface area contributed by atoms with Crippen LogP contribution in [0.15, 0.2) is 18.2 Å². The van der Waals surface area contributed by atoms with Crippen molar-refractivity contribution in [2.24, 2.45) is 0 Å². The largest absolute Gasteiger partial charge is 0.488 e. The Morgan fingerprint density at radius 2 is 1.85 bits per heavy atom. The number of halogens is 1. The molecule has 2 aliphatic heterocycles. The molecule has 3 rings (SSSR count). The van der Waals surface area contributed by atoms with Crippen LogP contribution in [0.2, 0.25) is 0 Å². The fourth-order valence-electron chi connectivity index (χ4n) is 3.22. The number of carbonyl (C=O) groups excluding carboxylic acids is 2. The van der Waals surface area contributed by atoms with E-state index >= 15 is 0 Å². The second-order valence-corrected chi connectivity index (χ2v) is 7.26. The van der Waals surface area contributed by atoms with Crippen molar-refractivity contribution in [3.05, 3.63) is 18.2 Å². The maximum absolute atomic E-state index is 13.2. The first kappa shape index (κ1) is 19.4. The van der Waals surface area contributed by atoms with E-state index in [0.717, 1.165) is 19.6 Å². The average Bonchev–Trinajstić information content (AvgIpc) is 2.60. The lowest BCUT2D eigenvalue weighted by molar-refractivity contribution is -0.120. The second-order valence-electron chi connectivity index (χ2n) is 6.30. The average molecular weight is 400 g/mol. The minimum absolute atomic E-state index is 0.115. The Hall–Kier alpha value is -2.40. The third-order valence-electron chi connectivity index (χ3n) is 4.66. The molecule has 0 atom stereocenters. The number of urea groups is 1. The predicted octanol–water partition coefficient (Wildman–Crippen LogP) is 0.868. The van der Waals surface area contributed by atoms with Crippen LogP contribution in [0.5, 0.6) is 5.75 Å². The minimum atomic E-state index is -5.23. The molecule has 2 heterocycles. The van der Waals surface area contributed by atoms with Gasteiger partial charge < -0.3 is 14.0 Å². The van der Waals surface area contributed by atoms with Gasteiger partial charge in [0.05, 0.1) is 5.69 Å². The van der Waals surface area contributed by atoms with Crippen molar-refractivity contribution >= 4 is 33.8 Å². The molecule has 3 amide bonds. The molecule has 0 radical (unpaired) electrons. The molecule has 0 spiro atoms. The van der Waals surface area contributed by atoms with Crippen LogP contribution in [0, 0.1) is 0 Å². The van der Waals surface area contributed by atoms with Gasteiger partial charge in [-0.15, -0.1) is 0 Å². The van der Waals surface area contributed by atoms with Gasteiger partial charge in [0.2, 0.25) is 5.91 Å². The minimum Gasteiger partial charge on any atom is -0.366 e. The van der Waals surface area contributed by atoms with Gasteiger partial charge in [-0.05, 0) is 18.7 Å². The summed E-state index contributed by atoms with van der Waals surface area (Å²) in [6, 6.07) is 3.90. The van der Waals surface area contributed by atoms with Gasteiger partial charge in [0.15, 0.2) is 5.75 Å². The molecule has 0 aliphatic carbocycles. The Morgan fingerprint density at radius 1 is 1.15 bits per heavy atom. The first-order valence-electron chi connectivity index (χ1n) is 8.63. The van der Waals surface area contributed by atoms with Gasteiger partial charge >= 0.3 is 16.5 Å². The van der Waals surface area contributed by atoms with E-state index in [1.54, 1.807) is 12.1 Å². The van der Waals surface area contributed by atoms with Crippen molar-refractivity contribution in [3.63, 3.8) is 0 Å². The third-order valence-corrected chi connectivity index (χ3v) is 5.04. The molecule has 2 fully saturated rings. The topological polar surface area (TPSA) is 99.3 Å². The Labute approximate surface area is 157 Å². The molecule has 9 nitrogen and oxygen atoms in total. The van der Waals surface area contributed by atoms with Crippen LogP contribution in [0.4, 0.5) is 20.1 Å². The fraction of sp³-hybridized carbons (Fsp3) is 0.500. The lowest BCUT2D eigenvalue weighted by Gasteiger charge is -2.36. The monoisotopic (exact) mass is 400 g/mol. The quantitative estimate of drug-likeness (QED) is 0.732. The highest BCUT2D eigenvalue weighted by molar-refractivity contribution is 7.81. The summed E-state index contributed by atoms with van der Waals surface area (Å²) in [5.41, 5.74) is 0.749. The Bertz CT molecular complexity index is 839. The highest BCUT2D eigenvalue weighted by atomic mass is 32.3. The molecule has 27 heavy (non-hydrogen) atoms. The van der Waals surface area contributed by atoms with Gasteiger partial charge in [0.1, 0.15) is 0 Å². The lowest BCUT2D eigenvalue weighted by Crippen LogP contribution is -2.49. The number of rotatable bonds is 5. The van der Waals surface area contributed by atoms with Crippen molar-refractivity contribution in [2.75, 3.05) is 49.1 Å². The van der Waals surface area contributed by atoms with Crippen molar-refractivity contribution in [1.82, 2.24) is 10.2 Å². The third kappa shape index (κ3) is 4.66. The first-order chi connectivity index (χ1) is 12.8. The molecule has 0 bridgehead atoms. The standard InChI is InChI=1S/C16H21FN4O5S/c1-2-19-7-9-20(10-8-19)13-4-3-12(11-14(13)26-27(17,24)25)21-6-5-15(22)18-16(21)23/h3-4,11H,2,5-10H2,1H3,(H,18,22,23). The van der Waals surface area contributed by atoms with E-state index in [9.17, 15) is 21.9 Å². The smallest absolute Gasteiger partial charge is 0.366 e. The lowest BCUT2D eigenvalue weighted by atomic mass is 10.2. The summed E-state index contributed by atoms with van der Waals surface area (Å²) in [7, 11) is -5.23. The zero-order chi connectivity index (χ0) is 19.6. The summed E-state index contributed by atoms with van der Waals surface area (Å²) in [4.78, 5) is 28.7. The molecule has 1 aromatic carbocycles. The molecule has 1 aromatic rings. The van der Waals surface area contributed by atoms with Crippen LogP contribution in [-0.2, 0) is 15.3 Å². The Kier molecular flexibility index (Phi) is 5.51. The van der Waals surface area contributed by atoms with Crippen molar-refractivity contribution in [3.8, 4) is 5.75 Å². The first-order valence-corrected chi connectivity index (χ1v) is 9.94. The molecular weight excluding hydrogens is 379 g/mol. The normalized spacial score (nSPS) is 19.2. The van der Waals surface area contributed by atoms with E-state index in [1.165, 1.54) is 11.0 Å². The molecule has 0 saturated carbocycles. The number of amides is 3. The highest BCUT2D eigenvalue weighted by Crippen LogP contribution is 2.35. The Balaban J connectivity index is 1.90. The van der Waals surface area contributed by atoms with Gasteiger partial charge in [0, 0.05) is 50.9 Å². The molecule has 2 saturated heterocycles. The summed E-state index contributed by atoms with van der Waals surface area (Å²) in [6.45, 7) is 5.96. The van der Waals surface area contributed by atoms with Gasteiger partial charge in [-0.25, -0.2) is 4.79 Å². The van der Waals surface area contributed by atoms with Gasteiger partial charge in [-0.1, -0.05) is 10.8 Å². The van der Waals surface area contributed by atoms with E-state index in [4.69, 9.17) is 0 Å². The maximum Gasteiger partial charge on any atom is 0.488 e. The zero-order valence-electron chi connectivity index (χ0n) is 14.9. The number of likely N-dealkylation sites (N-methyl/N-ethyl adjacent to an activating group) is 1. The van der Waals surface area contributed by atoms with Gasteiger partial charge in [-0.2, -0.15) is 8.42 Å². The summed E-state index contributed by atoms with van der Waals surface area (Å²) in [6.07, 6.45) is 0.115. The van der Waals surface area contributed by atoms with E-state index in [1.807, 2.05) is 4.90 Å². The number of piperazine rings is 1. The van der Waals surface area contributed by atoms with Crippen LogP contribution < -0.4 is 19.3 Å². The summed E-state index contributed by atoms with van der Waals surface area (Å²) < 4.78 is 39.9. The van der Waals surface area contributed by atoms with Crippen molar-refractivity contribution in [1.29, 1.82) is 0 Å². The van der Waals surface area contributed by atoms with Crippen LogP contribution in [0.1, 0.15) is 13.3 Å². The predicted molar refractivity (Wildman–Crippen MR) is 96.9 cm³/mol. The number of nitrogens with one attached hydrogen (secondary N) is 1. The number of imide groups is 1. The van der Waals surface area contributed by atoms with Crippen LogP contribution in [0.3, 0.4) is 0 Å². The van der Waals surface area contributed by atoms with Crippen molar-refractivity contribution in [2.45, 2.75) is 13.3 Å². The number of nitrogens with zero attached hydrogens (tertiary/aromatic N) is 3. The highest BCUT2D eigenvalue weighted by Gasteiger charge is 2.27. The molecule has 2 aliphatic rings. The number of carbonyl (C=O) groups is 2. The second kappa shape index (κ2) is 7.69. The molecular formula is C16H21FN4O5S. The summed E-state index contributed by atoms with van der Waals surface area (Å²) >= 11 is 0. The summed E-state index contributed by atoms with van der Waals surface area (Å²) in [5.74, 6) is -0.575. The van der Waals surface area contributed by atoms with E-state index in [-0.39, 0.29) is 24.6 Å². The van der Waals surface area contributed by atoms with E-state index in [0.29, 0.717) is 24.5 Å². The van der Waals surface area contributed by atoms with Crippen LogP contribution in [-0.4, -0.2) is 64.5 Å². The maximum atomic E-state index is 13.2.